The summed E-state index contributed by atoms with van der Waals surface area (Å²) in [6, 6.07) is 5.65. The van der Waals surface area contributed by atoms with Crippen LogP contribution < -0.4 is 5.32 Å². The van der Waals surface area contributed by atoms with E-state index in [2.05, 4.69) is 31.1 Å². The maximum atomic E-state index is 11.7. The van der Waals surface area contributed by atoms with Gasteiger partial charge in [0.2, 0.25) is 0 Å². The van der Waals surface area contributed by atoms with Gasteiger partial charge in [-0.15, -0.1) is 0 Å². The van der Waals surface area contributed by atoms with Crippen LogP contribution in [0.25, 0.3) is 0 Å². The zero-order valence-corrected chi connectivity index (χ0v) is 13.4. The van der Waals surface area contributed by atoms with Crippen molar-refractivity contribution in [3.8, 4) is 0 Å². The molecule has 1 amide bonds. The Hall–Kier alpha value is -1.58. The number of hydrogen-bond donors (Lipinski definition) is 1. The minimum Gasteiger partial charge on any atom is -0.444 e. The third kappa shape index (κ3) is 7.12. The third-order valence-corrected chi connectivity index (χ3v) is 2.57. The van der Waals surface area contributed by atoms with E-state index in [1.807, 2.05) is 32.9 Å². The number of anilines is 1. The molecule has 0 aromatic carbocycles. The van der Waals surface area contributed by atoms with Gasteiger partial charge >= 0.3 is 6.09 Å². The lowest BCUT2D eigenvalue weighted by molar-refractivity contribution is 0.0635. The number of carbonyl (C=O) groups excluding carboxylic acids is 1. The highest BCUT2D eigenvalue weighted by Crippen LogP contribution is 2.21. The van der Waals surface area contributed by atoms with Gasteiger partial charge in [0.25, 0.3) is 0 Å². The largest absolute Gasteiger partial charge is 0.444 e. The third-order valence-electron chi connectivity index (χ3n) is 2.57. The van der Waals surface area contributed by atoms with Crippen molar-refractivity contribution in [1.82, 2.24) is 4.98 Å². The number of nitrogens with one attached hydrogen (secondary N) is 1. The van der Waals surface area contributed by atoms with Crippen molar-refractivity contribution < 1.29 is 9.53 Å². The Morgan fingerprint density at radius 2 is 1.85 bits per heavy atom. The Morgan fingerprint density at radius 3 is 2.40 bits per heavy atom. The van der Waals surface area contributed by atoms with Crippen LogP contribution in [0.4, 0.5) is 10.6 Å². The first kappa shape index (κ1) is 16.5. The number of aryl methyl sites for hydroxylation is 1. The average molecular weight is 278 g/mol. The number of carbonyl (C=O) groups is 1. The number of hydrogen-bond acceptors (Lipinski definition) is 3. The van der Waals surface area contributed by atoms with Crippen molar-refractivity contribution in [3.05, 3.63) is 23.9 Å². The highest BCUT2D eigenvalue weighted by Gasteiger charge is 2.16. The van der Waals surface area contributed by atoms with Crippen molar-refractivity contribution in [2.45, 2.75) is 60.0 Å². The Morgan fingerprint density at radius 1 is 1.20 bits per heavy atom. The van der Waals surface area contributed by atoms with Gasteiger partial charge in [0.1, 0.15) is 11.4 Å². The second kappa shape index (κ2) is 6.25. The number of rotatable bonds is 3. The van der Waals surface area contributed by atoms with Gasteiger partial charge in [-0.1, -0.05) is 26.8 Å². The zero-order valence-electron chi connectivity index (χ0n) is 13.4. The predicted molar refractivity (Wildman–Crippen MR) is 81.9 cm³/mol. The van der Waals surface area contributed by atoms with E-state index < -0.39 is 11.7 Å². The molecule has 4 nitrogen and oxygen atoms in total. The molecule has 0 radical (unpaired) electrons. The number of nitrogens with zero attached hydrogens (tertiary/aromatic N) is 1. The maximum Gasteiger partial charge on any atom is 0.413 e. The smallest absolute Gasteiger partial charge is 0.413 e. The summed E-state index contributed by atoms with van der Waals surface area (Å²) in [7, 11) is 0. The van der Waals surface area contributed by atoms with Crippen LogP contribution >= 0.6 is 0 Å². The first-order chi connectivity index (χ1) is 9.05. The summed E-state index contributed by atoms with van der Waals surface area (Å²) >= 11 is 0. The van der Waals surface area contributed by atoms with Crippen LogP contribution in [-0.2, 0) is 11.2 Å². The minimum absolute atomic E-state index is 0.274. The number of amides is 1. The molecule has 1 aromatic heterocycles. The molecule has 0 fully saturated rings. The highest BCUT2D eigenvalue weighted by molar-refractivity contribution is 5.83. The van der Waals surface area contributed by atoms with E-state index in [-0.39, 0.29) is 5.41 Å². The van der Waals surface area contributed by atoms with Gasteiger partial charge in [0, 0.05) is 5.69 Å². The molecule has 112 valence electrons. The minimum atomic E-state index is -0.506. The Bertz CT molecular complexity index is 456. The van der Waals surface area contributed by atoms with Gasteiger partial charge in [-0.3, -0.25) is 5.32 Å². The van der Waals surface area contributed by atoms with Crippen LogP contribution in [0.1, 0.15) is 53.7 Å². The molecule has 4 heteroatoms. The first-order valence-corrected chi connectivity index (χ1v) is 7.01. The lowest BCUT2D eigenvalue weighted by Gasteiger charge is -2.20. The van der Waals surface area contributed by atoms with Gasteiger partial charge in [0.15, 0.2) is 0 Å². The van der Waals surface area contributed by atoms with Crippen molar-refractivity contribution >= 4 is 11.9 Å². The Labute approximate surface area is 121 Å². The van der Waals surface area contributed by atoms with E-state index in [1.165, 1.54) is 0 Å². The Kier molecular flexibility index (Phi) is 5.15. The molecule has 1 heterocycles. The van der Waals surface area contributed by atoms with Crippen LogP contribution in [0.15, 0.2) is 18.2 Å². The molecule has 20 heavy (non-hydrogen) atoms. The molecule has 0 aliphatic carbocycles. The van der Waals surface area contributed by atoms with Crippen molar-refractivity contribution in [1.29, 1.82) is 0 Å². The summed E-state index contributed by atoms with van der Waals surface area (Å²) < 4.78 is 5.21. The van der Waals surface area contributed by atoms with E-state index in [1.54, 1.807) is 6.07 Å². The molecule has 1 aromatic rings. The van der Waals surface area contributed by atoms with Crippen molar-refractivity contribution in [3.63, 3.8) is 0 Å². The fourth-order valence-electron chi connectivity index (χ4n) is 1.60. The second-order valence-corrected chi connectivity index (χ2v) is 7.20. The molecular weight excluding hydrogens is 252 g/mol. The lowest BCUT2D eigenvalue weighted by Crippen LogP contribution is -2.27. The van der Waals surface area contributed by atoms with Gasteiger partial charge in [0.05, 0.1) is 0 Å². The molecule has 0 aliphatic rings. The summed E-state index contributed by atoms with van der Waals surface area (Å²) in [5.74, 6) is 0.533. The van der Waals surface area contributed by atoms with E-state index in [0.717, 1.165) is 18.5 Å². The summed E-state index contributed by atoms with van der Waals surface area (Å²) in [4.78, 5) is 16.1. The number of pyridine rings is 1. The molecule has 0 saturated heterocycles. The fourth-order valence-corrected chi connectivity index (χ4v) is 1.60. The number of aromatic nitrogens is 1. The maximum absolute atomic E-state index is 11.7. The quantitative estimate of drug-likeness (QED) is 0.891. The molecule has 1 rings (SSSR count). The summed E-state index contributed by atoms with van der Waals surface area (Å²) in [5, 5.41) is 2.66. The van der Waals surface area contributed by atoms with Crippen molar-refractivity contribution in [2.24, 2.45) is 5.41 Å². The molecule has 0 unspecified atom stereocenters. The monoisotopic (exact) mass is 278 g/mol. The topological polar surface area (TPSA) is 51.2 Å². The van der Waals surface area contributed by atoms with E-state index in [9.17, 15) is 4.79 Å². The van der Waals surface area contributed by atoms with E-state index in [0.29, 0.717) is 5.82 Å². The molecule has 0 aliphatic heterocycles. The van der Waals surface area contributed by atoms with Crippen LogP contribution in [0.2, 0.25) is 0 Å². The lowest BCUT2D eigenvalue weighted by atomic mass is 9.90. The van der Waals surface area contributed by atoms with Crippen molar-refractivity contribution in [2.75, 3.05) is 5.32 Å². The van der Waals surface area contributed by atoms with E-state index >= 15 is 0 Å². The molecular formula is C16H26N2O2. The molecule has 0 spiro atoms. The van der Waals surface area contributed by atoms with Crippen LogP contribution in [0.3, 0.4) is 0 Å². The summed E-state index contributed by atoms with van der Waals surface area (Å²) in [6.07, 6.45) is 1.47. The van der Waals surface area contributed by atoms with Gasteiger partial charge in [-0.25, -0.2) is 9.78 Å². The van der Waals surface area contributed by atoms with Gasteiger partial charge in [-0.05, 0) is 51.2 Å². The standard InChI is InChI=1S/C16H26N2O2/c1-15(2,3)11-10-12-8-7-9-13(17-12)18-14(19)20-16(4,5)6/h7-9H,10-11H2,1-6H3,(H,17,18,19). The first-order valence-electron chi connectivity index (χ1n) is 7.01. The highest BCUT2D eigenvalue weighted by atomic mass is 16.6. The predicted octanol–water partition coefficient (Wildman–Crippen LogP) is 4.41. The molecule has 0 saturated carbocycles. The summed E-state index contributed by atoms with van der Waals surface area (Å²) in [6.45, 7) is 12.1. The summed E-state index contributed by atoms with van der Waals surface area (Å²) in [5.41, 5.74) is 0.748. The van der Waals surface area contributed by atoms with Crippen LogP contribution in [0, 0.1) is 5.41 Å². The zero-order chi connectivity index (χ0) is 15.4. The molecule has 0 bridgehead atoms. The van der Waals surface area contributed by atoms with Gasteiger partial charge in [-0.2, -0.15) is 0 Å². The second-order valence-electron chi connectivity index (χ2n) is 7.20. The van der Waals surface area contributed by atoms with Gasteiger partial charge < -0.3 is 4.74 Å². The van der Waals surface area contributed by atoms with Crippen LogP contribution in [-0.4, -0.2) is 16.7 Å². The fraction of sp³-hybridized carbons (Fsp3) is 0.625. The normalized spacial score (nSPS) is 12.1. The molecule has 1 N–H and O–H groups in total. The van der Waals surface area contributed by atoms with Crippen LogP contribution in [0.5, 0.6) is 0 Å². The SMILES string of the molecule is CC(C)(C)CCc1cccc(NC(=O)OC(C)(C)C)n1. The average Bonchev–Trinajstić information content (AvgIpc) is 2.23. The van der Waals surface area contributed by atoms with E-state index in [4.69, 9.17) is 4.74 Å². The molecule has 0 atom stereocenters. The number of ether oxygens (including phenoxy) is 1. The Balaban J connectivity index is 2.62.